The largest absolute Gasteiger partial charge is 0.489 e. The summed E-state index contributed by atoms with van der Waals surface area (Å²) >= 11 is 0. The molecule has 4 aromatic carbocycles. The summed E-state index contributed by atoms with van der Waals surface area (Å²) < 4.78 is 6.33. The maximum Gasteiger partial charge on any atom is 0.335 e. The Morgan fingerprint density at radius 3 is 2.22 bits per heavy atom. The normalized spacial score (nSPS) is 13.9. The highest BCUT2D eigenvalue weighted by atomic mass is 16.5. The molecule has 1 aliphatic rings. The first-order chi connectivity index (χ1) is 21.9. The van der Waals surface area contributed by atoms with Gasteiger partial charge in [-0.2, -0.15) is 0 Å². The number of aromatic carboxylic acids is 1. The lowest BCUT2D eigenvalue weighted by atomic mass is 9.98. The van der Waals surface area contributed by atoms with Gasteiger partial charge in [0.2, 0.25) is 0 Å². The molecule has 0 fully saturated rings. The summed E-state index contributed by atoms with van der Waals surface area (Å²) in [7, 11) is 0. The van der Waals surface area contributed by atoms with E-state index in [4.69, 9.17) is 9.84 Å². The zero-order chi connectivity index (χ0) is 31.4. The molecule has 1 aliphatic carbocycles. The molecule has 2 N–H and O–H groups in total. The summed E-state index contributed by atoms with van der Waals surface area (Å²) in [5.41, 5.74) is 7.68. The number of unbranched alkanes of at least 4 members (excludes halogenated alkanes) is 1. The Morgan fingerprint density at radius 1 is 0.756 bits per heavy atom. The van der Waals surface area contributed by atoms with Crippen LogP contribution in [0.4, 0.5) is 0 Å². The fourth-order valence-corrected chi connectivity index (χ4v) is 6.27. The minimum Gasteiger partial charge on any atom is -0.489 e. The third kappa shape index (κ3) is 9.53. The van der Waals surface area contributed by atoms with E-state index in [1.807, 2.05) is 36.4 Å². The maximum absolute atomic E-state index is 11.5. The van der Waals surface area contributed by atoms with Gasteiger partial charge in [-0.05, 0) is 109 Å². The Hall–Kier alpha value is -4.42. The van der Waals surface area contributed by atoms with Gasteiger partial charge < -0.3 is 19.8 Å². The van der Waals surface area contributed by atoms with E-state index in [1.165, 1.54) is 16.7 Å². The number of carbonyl (C=O) groups is 2. The summed E-state index contributed by atoms with van der Waals surface area (Å²) in [4.78, 5) is 25.0. The zero-order valence-corrected chi connectivity index (χ0v) is 25.9. The molecule has 4 aromatic rings. The van der Waals surface area contributed by atoms with Gasteiger partial charge in [0.1, 0.15) is 12.4 Å². The minimum atomic E-state index is -0.891. The van der Waals surface area contributed by atoms with Gasteiger partial charge in [0.25, 0.3) is 0 Å². The number of para-hydroxylation sites is 1. The van der Waals surface area contributed by atoms with Crippen molar-refractivity contribution in [1.29, 1.82) is 0 Å². The highest BCUT2D eigenvalue weighted by molar-refractivity contribution is 5.88. The third-order valence-corrected chi connectivity index (χ3v) is 8.82. The number of aliphatic carboxylic acids is 1. The Balaban J connectivity index is 1.18. The van der Waals surface area contributed by atoms with Crippen LogP contribution < -0.4 is 4.74 Å². The molecule has 0 bridgehead atoms. The van der Waals surface area contributed by atoms with Crippen molar-refractivity contribution in [3.05, 3.63) is 136 Å². The fraction of sp³-hybridized carbons (Fsp3) is 0.333. The Kier molecular flexibility index (Phi) is 11.4. The molecule has 0 radical (unpaired) electrons. The maximum atomic E-state index is 11.5. The molecule has 0 aliphatic heterocycles. The molecule has 0 saturated heterocycles. The number of ether oxygens (including phenoxy) is 1. The van der Waals surface area contributed by atoms with Crippen molar-refractivity contribution in [2.24, 2.45) is 0 Å². The van der Waals surface area contributed by atoms with Crippen molar-refractivity contribution >= 4 is 11.9 Å². The molecule has 0 heterocycles. The van der Waals surface area contributed by atoms with Crippen LogP contribution in [0.5, 0.6) is 5.75 Å². The van der Waals surface area contributed by atoms with Crippen molar-refractivity contribution in [1.82, 2.24) is 4.90 Å². The molecule has 0 aromatic heterocycles. The van der Waals surface area contributed by atoms with E-state index in [0.717, 1.165) is 80.6 Å². The number of carboxylic acid groups (broad SMARTS) is 2. The van der Waals surface area contributed by atoms with E-state index in [2.05, 4.69) is 59.5 Å². The van der Waals surface area contributed by atoms with Crippen LogP contribution in [0.15, 0.2) is 97.1 Å². The van der Waals surface area contributed by atoms with Crippen LogP contribution in [0.3, 0.4) is 0 Å². The summed E-state index contributed by atoms with van der Waals surface area (Å²) in [6, 6.07) is 33.0. The van der Waals surface area contributed by atoms with Gasteiger partial charge in [-0.3, -0.25) is 4.79 Å². The predicted octanol–water partition coefficient (Wildman–Crippen LogP) is 7.58. The number of fused-ring (bicyclic) bond motifs is 1. The number of rotatable bonds is 17. The van der Waals surface area contributed by atoms with E-state index in [0.29, 0.717) is 24.5 Å². The van der Waals surface area contributed by atoms with Crippen LogP contribution in [0.2, 0.25) is 0 Å². The quantitative estimate of drug-likeness (QED) is 0.121. The van der Waals surface area contributed by atoms with Gasteiger partial charge in [-0.25, -0.2) is 4.79 Å². The first kappa shape index (κ1) is 32.0. The van der Waals surface area contributed by atoms with Crippen molar-refractivity contribution in [2.45, 2.75) is 63.9 Å². The second-order valence-corrected chi connectivity index (χ2v) is 12.1. The van der Waals surface area contributed by atoms with Gasteiger partial charge in [-0.1, -0.05) is 78.9 Å². The van der Waals surface area contributed by atoms with E-state index in [-0.39, 0.29) is 6.42 Å². The number of nitrogens with zero attached hydrogens (tertiary/aromatic N) is 1. The van der Waals surface area contributed by atoms with Crippen LogP contribution in [0.1, 0.15) is 75.3 Å². The molecular weight excluding hydrogens is 562 g/mol. The monoisotopic (exact) mass is 605 g/mol. The molecule has 0 spiro atoms. The zero-order valence-electron chi connectivity index (χ0n) is 25.9. The SMILES string of the molecule is O=C(O)CCCCN(CCc1ccccc1OCc1ccc(CCc2ccccc2)cc1)C[C@H]1CCc2cc(C(=O)O)ccc21. The molecule has 234 valence electrons. The molecule has 6 heteroatoms. The smallest absolute Gasteiger partial charge is 0.335 e. The summed E-state index contributed by atoms with van der Waals surface area (Å²) in [6.07, 6.45) is 6.40. The van der Waals surface area contributed by atoms with Crippen molar-refractivity contribution in [3.8, 4) is 5.75 Å². The lowest BCUT2D eigenvalue weighted by Gasteiger charge is -2.26. The van der Waals surface area contributed by atoms with Gasteiger partial charge in [0.05, 0.1) is 5.56 Å². The van der Waals surface area contributed by atoms with Crippen molar-refractivity contribution < 1.29 is 24.5 Å². The number of hydrogen-bond donors (Lipinski definition) is 2. The van der Waals surface area contributed by atoms with Gasteiger partial charge in [0, 0.05) is 19.5 Å². The second-order valence-electron chi connectivity index (χ2n) is 12.1. The van der Waals surface area contributed by atoms with Crippen molar-refractivity contribution in [2.75, 3.05) is 19.6 Å². The standard InChI is InChI=1S/C39H43NO5/c41-38(42)12-6-7-24-40(27-35-20-19-33-26-34(39(43)44)21-22-36(33)35)25-23-32-10-4-5-11-37(32)45-28-31-17-15-30(16-18-31)14-13-29-8-2-1-3-9-29/h1-5,8-11,15-18,21-22,26,35H,6-7,12-14,19-20,23-25,27-28H2,(H,41,42)(H,43,44)/t35-/m1/s1. The number of benzene rings is 4. The van der Waals surface area contributed by atoms with E-state index >= 15 is 0 Å². The summed E-state index contributed by atoms with van der Waals surface area (Å²) in [5, 5.41) is 18.5. The lowest BCUT2D eigenvalue weighted by Crippen LogP contribution is -2.31. The van der Waals surface area contributed by atoms with E-state index < -0.39 is 11.9 Å². The Labute approximate surface area is 266 Å². The first-order valence-electron chi connectivity index (χ1n) is 16.1. The molecular formula is C39H43NO5. The average molecular weight is 606 g/mol. The first-order valence-corrected chi connectivity index (χ1v) is 16.1. The topological polar surface area (TPSA) is 87.1 Å². The highest BCUT2D eigenvalue weighted by Gasteiger charge is 2.25. The summed E-state index contributed by atoms with van der Waals surface area (Å²) in [6.45, 7) is 3.03. The minimum absolute atomic E-state index is 0.183. The van der Waals surface area contributed by atoms with Gasteiger partial charge in [0.15, 0.2) is 0 Å². The lowest BCUT2D eigenvalue weighted by molar-refractivity contribution is -0.137. The van der Waals surface area contributed by atoms with Gasteiger partial charge in [-0.15, -0.1) is 0 Å². The third-order valence-electron chi connectivity index (χ3n) is 8.82. The van der Waals surface area contributed by atoms with Crippen LogP contribution in [0, 0.1) is 0 Å². The molecule has 5 rings (SSSR count). The van der Waals surface area contributed by atoms with E-state index in [9.17, 15) is 14.7 Å². The van der Waals surface area contributed by atoms with Gasteiger partial charge >= 0.3 is 11.9 Å². The number of aryl methyl sites for hydroxylation is 3. The number of carboxylic acids is 2. The molecule has 0 unspecified atom stereocenters. The van der Waals surface area contributed by atoms with Crippen LogP contribution >= 0.6 is 0 Å². The number of hydrogen-bond acceptors (Lipinski definition) is 4. The fourth-order valence-electron chi connectivity index (χ4n) is 6.27. The Morgan fingerprint density at radius 2 is 1.47 bits per heavy atom. The van der Waals surface area contributed by atoms with Crippen LogP contribution in [-0.2, 0) is 37.1 Å². The highest BCUT2D eigenvalue weighted by Crippen LogP contribution is 2.34. The predicted molar refractivity (Wildman–Crippen MR) is 177 cm³/mol. The Bertz CT molecular complexity index is 1550. The van der Waals surface area contributed by atoms with Crippen LogP contribution in [-0.4, -0.2) is 46.7 Å². The average Bonchev–Trinajstić information content (AvgIpc) is 3.46. The molecule has 45 heavy (non-hydrogen) atoms. The molecule has 6 nitrogen and oxygen atoms in total. The van der Waals surface area contributed by atoms with E-state index in [1.54, 1.807) is 6.07 Å². The van der Waals surface area contributed by atoms with Crippen LogP contribution in [0.25, 0.3) is 0 Å². The molecule has 1 atom stereocenters. The second kappa shape index (κ2) is 16.1. The van der Waals surface area contributed by atoms with Crippen molar-refractivity contribution in [3.63, 3.8) is 0 Å². The summed E-state index contributed by atoms with van der Waals surface area (Å²) in [5.74, 6) is -0.417. The molecule has 0 amide bonds. The molecule has 0 saturated carbocycles.